The molecule has 0 amide bonds. The van der Waals surface area contributed by atoms with Crippen molar-refractivity contribution in [3.63, 3.8) is 0 Å². The summed E-state index contributed by atoms with van der Waals surface area (Å²) in [6, 6.07) is 19.1. The maximum Gasteiger partial charge on any atom is 0.168 e. The summed E-state index contributed by atoms with van der Waals surface area (Å²) in [6.07, 6.45) is 4.14. The molecule has 0 bridgehead atoms. The Morgan fingerprint density at radius 2 is 1.63 bits per heavy atom. The van der Waals surface area contributed by atoms with Gasteiger partial charge in [0.25, 0.3) is 0 Å². The predicted molar refractivity (Wildman–Crippen MR) is 78.9 cm³/mol. The van der Waals surface area contributed by atoms with E-state index in [1.165, 1.54) is 22.0 Å². The van der Waals surface area contributed by atoms with Gasteiger partial charge in [0.1, 0.15) is 7.05 Å². The summed E-state index contributed by atoms with van der Waals surface area (Å²) in [5.41, 5.74) is 2.47. The van der Waals surface area contributed by atoms with Crippen molar-refractivity contribution in [3.8, 4) is 0 Å². The molecule has 0 fully saturated rings. The molecule has 0 radical (unpaired) electrons. The molecule has 2 nitrogen and oxygen atoms in total. The van der Waals surface area contributed by atoms with Gasteiger partial charge in [-0.2, -0.15) is 0 Å². The molecule has 3 rings (SSSR count). The fourth-order valence-electron chi connectivity index (χ4n) is 2.23. The summed E-state index contributed by atoms with van der Waals surface area (Å²) in [5, 5.41) is 6.05. The van der Waals surface area contributed by atoms with Gasteiger partial charge in [-0.25, -0.2) is 4.57 Å². The monoisotopic (exact) mass is 249 g/mol. The van der Waals surface area contributed by atoms with Crippen LogP contribution in [0.15, 0.2) is 67.0 Å². The van der Waals surface area contributed by atoms with E-state index in [2.05, 4.69) is 72.3 Å². The SMILES string of the molecule is C[n+]1ccc(CNc2cccc3ccccc23)cc1. The number of anilines is 1. The van der Waals surface area contributed by atoms with Crippen LogP contribution in [-0.4, -0.2) is 0 Å². The number of benzene rings is 2. The zero-order chi connectivity index (χ0) is 13.1. The fourth-order valence-corrected chi connectivity index (χ4v) is 2.23. The summed E-state index contributed by atoms with van der Waals surface area (Å²) < 4.78 is 2.04. The molecule has 3 aromatic rings. The number of rotatable bonds is 3. The number of hydrogen-bond donors (Lipinski definition) is 1. The van der Waals surface area contributed by atoms with Crippen LogP contribution >= 0.6 is 0 Å². The molecule has 0 aliphatic carbocycles. The molecule has 2 aromatic carbocycles. The first-order valence-corrected chi connectivity index (χ1v) is 6.49. The Kier molecular flexibility index (Phi) is 3.15. The average molecular weight is 249 g/mol. The average Bonchev–Trinajstić information content (AvgIpc) is 2.47. The van der Waals surface area contributed by atoms with Crippen LogP contribution < -0.4 is 9.88 Å². The lowest BCUT2D eigenvalue weighted by Crippen LogP contribution is -2.26. The second kappa shape index (κ2) is 5.11. The number of fused-ring (bicyclic) bond motifs is 1. The largest absolute Gasteiger partial charge is 0.380 e. The summed E-state index contributed by atoms with van der Waals surface area (Å²) in [7, 11) is 2.03. The molecule has 0 saturated carbocycles. The van der Waals surface area contributed by atoms with Gasteiger partial charge in [-0.1, -0.05) is 36.4 Å². The highest BCUT2D eigenvalue weighted by molar-refractivity contribution is 5.93. The summed E-state index contributed by atoms with van der Waals surface area (Å²) in [5.74, 6) is 0. The van der Waals surface area contributed by atoms with Crippen molar-refractivity contribution >= 4 is 16.5 Å². The molecule has 1 N–H and O–H groups in total. The van der Waals surface area contributed by atoms with Crippen molar-refractivity contribution in [2.75, 3.05) is 5.32 Å². The van der Waals surface area contributed by atoms with Gasteiger partial charge in [0.2, 0.25) is 0 Å². The van der Waals surface area contributed by atoms with E-state index < -0.39 is 0 Å². The van der Waals surface area contributed by atoms with E-state index in [-0.39, 0.29) is 0 Å². The first-order chi connectivity index (χ1) is 9.33. The van der Waals surface area contributed by atoms with Gasteiger partial charge in [0, 0.05) is 29.8 Å². The maximum atomic E-state index is 3.51. The number of aromatic nitrogens is 1. The normalized spacial score (nSPS) is 10.6. The smallest absolute Gasteiger partial charge is 0.168 e. The minimum absolute atomic E-state index is 0.842. The van der Waals surface area contributed by atoms with Gasteiger partial charge < -0.3 is 5.32 Å². The lowest BCUT2D eigenvalue weighted by atomic mass is 10.1. The Balaban J connectivity index is 1.84. The Labute approximate surface area is 113 Å². The molecule has 94 valence electrons. The summed E-state index contributed by atoms with van der Waals surface area (Å²) in [4.78, 5) is 0. The Morgan fingerprint density at radius 1 is 0.895 bits per heavy atom. The molecule has 1 heterocycles. The molecule has 0 spiro atoms. The van der Waals surface area contributed by atoms with Crippen molar-refractivity contribution in [2.24, 2.45) is 7.05 Å². The van der Waals surface area contributed by atoms with Gasteiger partial charge >= 0.3 is 0 Å². The number of hydrogen-bond acceptors (Lipinski definition) is 1. The molecule has 0 aliphatic rings. The van der Waals surface area contributed by atoms with Crippen molar-refractivity contribution in [1.29, 1.82) is 0 Å². The first-order valence-electron chi connectivity index (χ1n) is 6.49. The zero-order valence-electron chi connectivity index (χ0n) is 11.0. The van der Waals surface area contributed by atoms with Crippen molar-refractivity contribution in [3.05, 3.63) is 72.6 Å². The molecule has 1 aromatic heterocycles. The van der Waals surface area contributed by atoms with Crippen molar-refractivity contribution in [2.45, 2.75) is 6.54 Å². The number of pyridine rings is 1. The third-order valence-electron chi connectivity index (χ3n) is 3.32. The Bertz CT molecular complexity index is 682. The molecule has 0 aliphatic heterocycles. The minimum atomic E-state index is 0.842. The van der Waals surface area contributed by atoms with E-state index in [1.807, 2.05) is 11.6 Å². The highest BCUT2D eigenvalue weighted by Crippen LogP contribution is 2.23. The van der Waals surface area contributed by atoms with Crippen LogP contribution in [0.25, 0.3) is 10.8 Å². The van der Waals surface area contributed by atoms with Gasteiger partial charge in [-0.05, 0) is 17.0 Å². The molecule has 0 atom stereocenters. The Morgan fingerprint density at radius 3 is 2.47 bits per heavy atom. The van der Waals surface area contributed by atoms with Gasteiger partial charge in [0.15, 0.2) is 12.4 Å². The quantitative estimate of drug-likeness (QED) is 0.704. The second-order valence-corrected chi connectivity index (χ2v) is 4.75. The second-order valence-electron chi connectivity index (χ2n) is 4.75. The van der Waals surface area contributed by atoms with Crippen LogP contribution in [0, 0.1) is 0 Å². The lowest BCUT2D eigenvalue weighted by Gasteiger charge is -2.09. The number of nitrogens with one attached hydrogen (secondary N) is 1. The molecular weight excluding hydrogens is 232 g/mol. The highest BCUT2D eigenvalue weighted by atomic mass is 14.9. The number of nitrogens with zero attached hydrogens (tertiary/aromatic N) is 1. The highest BCUT2D eigenvalue weighted by Gasteiger charge is 2.00. The van der Waals surface area contributed by atoms with Crippen LogP contribution in [0.3, 0.4) is 0 Å². The molecule has 0 unspecified atom stereocenters. The van der Waals surface area contributed by atoms with Crippen LogP contribution in [0.5, 0.6) is 0 Å². The lowest BCUT2D eigenvalue weighted by molar-refractivity contribution is -0.671. The fraction of sp³-hybridized carbons (Fsp3) is 0.118. The molecular formula is C17H17N2+. The maximum absolute atomic E-state index is 3.51. The standard InChI is InChI=1S/C17H17N2/c1-19-11-9-14(10-12-19)13-18-17-8-4-6-15-5-2-3-7-16(15)17/h2-12,18H,13H2,1H3/q+1. The van der Waals surface area contributed by atoms with E-state index >= 15 is 0 Å². The van der Waals surface area contributed by atoms with Crippen LogP contribution in [0.2, 0.25) is 0 Å². The van der Waals surface area contributed by atoms with Crippen LogP contribution in [0.1, 0.15) is 5.56 Å². The van der Waals surface area contributed by atoms with Gasteiger partial charge in [-0.3, -0.25) is 0 Å². The van der Waals surface area contributed by atoms with E-state index in [0.29, 0.717) is 0 Å². The zero-order valence-corrected chi connectivity index (χ0v) is 11.0. The molecule has 0 saturated heterocycles. The summed E-state index contributed by atoms with van der Waals surface area (Å²) >= 11 is 0. The van der Waals surface area contributed by atoms with Gasteiger partial charge in [-0.15, -0.1) is 0 Å². The third-order valence-corrected chi connectivity index (χ3v) is 3.32. The minimum Gasteiger partial charge on any atom is -0.380 e. The topological polar surface area (TPSA) is 15.9 Å². The summed E-state index contributed by atoms with van der Waals surface area (Å²) in [6.45, 7) is 0.842. The van der Waals surface area contributed by atoms with Gasteiger partial charge in [0.05, 0.1) is 0 Å². The van der Waals surface area contributed by atoms with Crippen LogP contribution in [0.4, 0.5) is 5.69 Å². The van der Waals surface area contributed by atoms with Crippen molar-refractivity contribution in [1.82, 2.24) is 0 Å². The van der Waals surface area contributed by atoms with Crippen molar-refractivity contribution < 1.29 is 4.57 Å². The van der Waals surface area contributed by atoms with E-state index in [4.69, 9.17) is 0 Å². The first kappa shape index (κ1) is 11.7. The van der Waals surface area contributed by atoms with E-state index in [0.717, 1.165) is 6.54 Å². The number of aryl methyl sites for hydroxylation is 1. The van der Waals surface area contributed by atoms with E-state index in [9.17, 15) is 0 Å². The molecule has 2 heteroatoms. The third kappa shape index (κ3) is 2.58. The molecule has 19 heavy (non-hydrogen) atoms. The Hall–Kier alpha value is -2.35. The van der Waals surface area contributed by atoms with Crippen LogP contribution in [-0.2, 0) is 13.6 Å². The van der Waals surface area contributed by atoms with E-state index in [1.54, 1.807) is 0 Å². The predicted octanol–water partition coefficient (Wildman–Crippen LogP) is 3.28.